The number of carbonyl (C=O) groups excluding carboxylic acids is 1. The van der Waals surface area contributed by atoms with Gasteiger partial charge >= 0.3 is 0 Å². The lowest BCUT2D eigenvalue weighted by Crippen LogP contribution is -2.15. The van der Waals surface area contributed by atoms with Crippen LogP contribution >= 0.6 is 11.8 Å². The molecule has 0 bridgehead atoms. The summed E-state index contributed by atoms with van der Waals surface area (Å²) in [5.74, 6) is 0.543. The molecule has 0 aromatic heterocycles. The summed E-state index contributed by atoms with van der Waals surface area (Å²) in [6.07, 6.45) is -0.717. The molecule has 1 aromatic rings. The minimum atomic E-state index is -0.717. The van der Waals surface area contributed by atoms with Gasteiger partial charge in [0.2, 0.25) is 5.91 Å². The molecule has 0 aliphatic heterocycles. The Bertz CT molecular complexity index is 398. The van der Waals surface area contributed by atoms with Crippen LogP contribution in [0.3, 0.4) is 0 Å². The van der Waals surface area contributed by atoms with Crippen LogP contribution in [0.15, 0.2) is 18.2 Å². The van der Waals surface area contributed by atoms with Gasteiger partial charge in [-0.05, 0) is 17.7 Å². The van der Waals surface area contributed by atoms with Crippen molar-refractivity contribution in [3.8, 4) is 0 Å². The molecule has 0 aliphatic carbocycles. The van der Waals surface area contributed by atoms with Crippen molar-refractivity contribution < 1.29 is 15.0 Å². The van der Waals surface area contributed by atoms with Gasteiger partial charge in [-0.2, -0.15) is 11.8 Å². The van der Waals surface area contributed by atoms with E-state index in [2.05, 4.69) is 0 Å². The maximum atomic E-state index is 10.9. The summed E-state index contributed by atoms with van der Waals surface area (Å²) in [7, 11) is 0. The number of amides is 1. The van der Waals surface area contributed by atoms with Crippen LogP contribution in [0.1, 0.15) is 15.9 Å². The predicted octanol–water partition coefficient (Wildman–Crippen LogP) is -0.0459. The maximum absolute atomic E-state index is 10.9. The summed E-state index contributed by atoms with van der Waals surface area (Å²) in [5, 5.41) is 17.8. The Morgan fingerprint density at radius 2 is 2.18 bits per heavy atom. The summed E-state index contributed by atoms with van der Waals surface area (Å²) in [4.78, 5) is 10.9. The summed E-state index contributed by atoms with van der Waals surface area (Å²) >= 11 is 1.46. The third-order valence-electron chi connectivity index (χ3n) is 2.21. The molecule has 0 fully saturated rings. The van der Waals surface area contributed by atoms with E-state index in [-0.39, 0.29) is 6.61 Å². The molecule has 0 aliphatic rings. The van der Waals surface area contributed by atoms with E-state index in [1.54, 1.807) is 18.2 Å². The van der Waals surface area contributed by atoms with Gasteiger partial charge in [-0.15, -0.1) is 0 Å². The van der Waals surface area contributed by atoms with Gasteiger partial charge in [-0.3, -0.25) is 4.79 Å². The second kappa shape index (κ2) is 6.48. The zero-order valence-electron chi connectivity index (χ0n) is 9.30. The maximum Gasteiger partial charge on any atom is 0.248 e. The lowest BCUT2D eigenvalue weighted by molar-refractivity contribution is 0.100. The summed E-state index contributed by atoms with van der Waals surface area (Å²) in [6.45, 7) is -0.247. The first-order valence-corrected chi connectivity index (χ1v) is 6.25. The van der Waals surface area contributed by atoms with E-state index < -0.39 is 12.0 Å². The van der Waals surface area contributed by atoms with Crippen molar-refractivity contribution in [1.82, 2.24) is 0 Å². The minimum Gasteiger partial charge on any atom is -0.398 e. The van der Waals surface area contributed by atoms with Crippen LogP contribution in [0.4, 0.5) is 5.69 Å². The number of rotatable bonds is 6. The van der Waals surface area contributed by atoms with Crippen LogP contribution < -0.4 is 11.5 Å². The number of anilines is 1. The molecule has 1 amide bonds. The molecule has 0 saturated carbocycles. The average molecular weight is 256 g/mol. The average Bonchev–Trinajstić information content (AvgIpc) is 2.30. The van der Waals surface area contributed by atoms with E-state index in [0.717, 1.165) is 5.56 Å². The zero-order chi connectivity index (χ0) is 12.8. The van der Waals surface area contributed by atoms with Gasteiger partial charge < -0.3 is 21.7 Å². The molecule has 6 N–H and O–H groups in total. The number of aliphatic hydroxyl groups excluding tert-OH is 2. The van der Waals surface area contributed by atoms with Crippen molar-refractivity contribution in [3.63, 3.8) is 0 Å². The highest BCUT2D eigenvalue weighted by atomic mass is 32.2. The number of nitrogen functional groups attached to an aromatic ring is 1. The molecule has 94 valence electrons. The number of hydrogen-bond donors (Lipinski definition) is 4. The van der Waals surface area contributed by atoms with Gasteiger partial charge in [0.05, 0.1) is 12.7 Å². The fraction of sp³-hybridized carbons (Fsp3) is 0.364. The topological polar surface area (TPSA) is 110 Å². The fourth-order valence-electron chi connectivity index (χ4n) is 1.24. The number of primary amides is 1. The SMILES string of the molecule is NC(=O)c1ccc(CSCC(O)CO)c(N)c1. The number of carbonyl (C=O) groups is 1. The molecule has 0 spiro atoms. The lowest BCUT2D eigenvalue weighted by atomic mass is 10.1. The smallest absolute Gasteiger partial charge is 0.248 e. The van der Waals surface area contributed by atoms with Crippen molar-refractivity contribution >= 4 is 23.4 Å². The van der Waals surface area contributed by atoms with Gasteiger partial charge in [-0.1, -0.05) is 6.07 Å². The number of benzene rings is 1. The van der Waals surface area contributed by atoms with Crippen LogP contribution in [0.25, 0.3) is 0 Å². The largest absolute Gasteiger partial charge is 0.398 e. The van der Waals surface area contributed by atoms with E-state index >= 15 is 0 Å². The molecule has 0 saturated heterocycles. The standard InChI is InChI=1S/C11H16N2O3S/c12-10-3-7(11(13)16)1-2-8(10)5-17-6-9(15)4-14/h1-3,9,14-15H,4-6,12H2,(H2,13,16). The molecule has 0 radical (unpaired) electrons. The monoisotopic (exact) mass is 256 g/mol. The Hall–Kier alpha value is -1.24. The second-order valence-electron chi connectivity index (χ2n) is 3.63. The first-order chi connectivity index (χ1) is 8.04. The van der Waals surface area contributed by atoms with Gasteiger partial charge in [0.25, 0.3) is 0 Å². The first kappa shape index (κ1) is 13.8. The quantitative estimate of drug-likeness (QED) is 0.534. The van der Waals surface area contributed by atoms with E-state index in [1.165, 1.54) is 11.8 Å². The fourth-order valence-corrected chi connectivity index (χ4v) is 2.22. The molecular formula is C11H16N2O3S. The van der Waals surface area contributed by atoms with Crippen LogP contribution in [0.5, 0.6) is 0 Å². The van der Waals surface area contributed by atoms with E-state index in [0.29, 0.717) is 22.8 Å². The Morgan fingerprint density at radius 3 is 2.71 bits per heavy atom. The van der Waals surface area contributed by atoms with Crippen LogP contribution in [0, 0.1) is 0 Å². The Morgan fingerprint density at radius 1 is 1.47 bits per heavy atom. The van der Waals surface area contributed by atoms with Gasteiger partial charge in [0.15, 0.2) is 0 Å². The molecule has 6 heteroatoms. The van der Waals surface area contributed by atoms with E-state index in [1.807, 2.05) is 0 Å². The van der Waals surface area contributed by atoms with Gasteiger partial charge in [0.1, 0.15) is 0 Å². The van der Waals surface area contributed by atoms with Crippen LogP contribution in [-0.2, 0) is 5.75 Å². The van der Waals surface area contributed by atoms with E-state index in [4.69, 9.17) is 21.7 Å². The summed E-state index contributed by atoms with van der Waals surface area (Å²) < 4.78 is 0. The first-order valence-electron chi connectivity index (χ1n) is 5.09. The molecule has 1 aromatic carbocycles. The molecular weight excluding hydrogens is 240 g/mol. The Kier molecular flexibility index (Phi) is 5.27. The second-order valence-corrected chi connectivity index (χ2v) is 4.66. The van der Waals surface area contributed by atoms with Gasteiger partial charge in [0, 0.05) is 22.8 Å². The van der Waals surface area contributed by atoms with Crippen molar-refractivity contribution in [2.45, 2.75) is 11.9 Å². The highest BCUT2D eigenvalue weighted by Crippen LogP contribution is 2.20. The molecule has 1 atom stereocenters. The molecule has 1 unspecified atom stereocenters. The zero-order valence-corrected chi connectivity index (χ0v) is 10.1. The predicted molar refractivity (Wildman–Crippen MR) is 68.6 cm³/mol. The number of thioether (sulfide) groups is 1. The number of nitrogens with two attached hydrogens (primary N) is 2. The van der Waals surface area contributed by atoms with Crippen molar-refractivity contribution in [3.05, 3.63) is 29.3 Å². The highest BCUT2D eigenvalue weighted by molar-refractivity contribution is 7.98. The minimum absolute atomic E-state index is 0.247. The Labute approximate surface area is 104 Å². The summed E-state index contributed by atoms with van der Waals surface area (Å²) in [6, 6.07) is 4.91. The van der Waals surface area contributed by atoms with E-state index in [9.17, 15) is 4.79 Å². The molecule has 0 heterocycles. The Balaban J connectivity index is 2.57. The van der Waals surface area contributed by atoms with Crippen LogP contribution in [-0.4, -0.2) is 34.6 Å². The third-order valence-corrected chi connectivity index (χ3v) is 3.34. The summed E-state index contributed by atoms with van der Waals surface area (Å²) in [5.41, 5.74) is 12.7. The number of hydrogen-bond acceptors (Lipinski definition) is 5. The third kappa shape index (κ3) is 4.26. The highest BCUT2D eigenvalue weighted by Gasteiger charge is 2.06. The lowest BCUT2D eigenvalue weighted by Gasteiger charge is -2.09. The molecule has 5 nitrogen and oxygen atoms in total. The number of aliphatic hydroxyl groups is 2. The van der Waals surface area contributed by atoms with Crippen molar-refractivity contribution in [2.24, 2.45) is 5.73 Å². The molecule has 17 heavy (non-hydrogen) atoms. The normalized spacial score (nSPS) is 12.4. The molecule has 1 rings (SSSR count). The van der Waals surface area contributed by atoms with Crippen molar-refractivity contribution in [1.29, 1.82) is 0 Å². The van der Waals surface area contributed by atoms with Crippen LogP contribution in [0.2, 0.25) is 0 Å². The van der Waals surface area contributed by atoms with Gasteiger partial charge in [-0.25, -0.2) is 0 Å². The van der Waals surface area contributed by atoms with Crippen molar-refractivity contribution in [2.75, 3.05) is 18.1 Å².